The molecule has 2 bridgehead atoms. The van der Waals surface area contributed by atoms with E-state index in [0.29, 0.717) is 5.92 Å². The van der Waals surface area contributed by atoms with Gasteiger partial charge < -0.3 is 15.5 Å². The van der Waals surface area contributed by atoms with Gasteiger partial charge in [0, 0.05) is 18.6 Å². The van der Waals surface area contributed by atoms with E-state index in [-0.39, 0.29) is 24.0 Å². The number of piperidine rings is 1. The Morgan fingerprint density at radius 1 is 1.12 bits per heavy atom. The number of likely N-dealkylation sites (tertiary alicyclic amines) is 1. The molecule has 1 aliphatic heterocycles. The van der Waals surface area contributed by atoms with Crippen molar-refractivity contribution in [1.29, 1.82) is 0 Å². The van der Waals surface area contributed by atoms with Crippen molar-refractivity contribution in [1.82, 2.24) is 15.5 Å². The summed E-state index contributed by atoms with van der Waals surface area (Å²) in [5.41, 5.74) is 1.43. The van der Waals surface area contributed by atoms with Crippen LogP contribution in [0.1, 0.15) is 70.6 Å². The number of nitrogens with zero attached hydrogens (tertiary/aromatic N) is 1. The SMILES string of the molecule is O=C(NCC(=O)N1CCC2CCCC=C2C1)NC12CCCC(CCC1)C2. The van der Waals surface area contributed by atoms with Crippen molar-refractivity contribution in [3.63, 3.8) is 0 Å². The zero-order valence-corrected chi connectivity index (χ0v) is 15.9. The number of carbonyl (C=O) groups excluding carboxylic acids is 2. The van der Waals surface area contributed by atoms with Crippen molar-refractivity contribution in [3.8, 4) is 0 Å². The number of rotatable bonds is 3. The van der Waals surface area contributed by atoms with Gasteiger partial charge in [-0.2, -0.15) is 0 Å². The molecule has 0 aromatic heterocycles. The van der Waals surface area contributed by atoms with Crippen molar-refractivity contribution in [3.05, 3.63) is 11.6 Å². The summed E-state index contributed by atoms with van der Waals surface area (Å²) in [6.45, 7) is 1.71. The van der Waals surface area contributed by atoms with E-state index >= 15 is 0 Å². The fraction of sp³-hybridized carbons (Fsp3) is 0.810. The molecule has 144 valence electrons. The quantitative estimate of drug-likeness (QED) is 0.759. The van der Waals surface area contributed by atoms with Gasteiger partial charge in [-0.15, -0.1) is 0 Å². The van der Waals surface area contributed by atoms with Crippen LogP contribution in [0.5, 0.6) is 0 Å². The maximum Gasteiger partial charge on any atom is 0.315 e. The fourth-order valence-corrected chi connectivity index (χ4v) is 5.77. The maximum absolute atomic E-state index is 12.5. The zero-order chi connectivity index (χ0) is 18.0. The van der Waals surface area contributed by atoms with Gasteiger partial charge in [-0.05, 0) is 56.8 Å². The Hall–Kier alpha value is -1.52. The van der Waals surface area contributed by atoms with Gasteiger partial charge in [-0.25, -0.2) is 4.79 Å². The topological polar surface area (TPSA) is 61.4 Å². The number of carbonyl (C=O) groups is 2. The molecule has 5 nitrogen and oxygen atoms in total. The van der Waals surface area contributed by atoms with Gasteiger partial charge in [0.15, 0.2) is 0 Å². The number of fused-ring (bicyclic) bond motifs is 3. The number of hydrogen-bond donors (Lipinski definition) is 2. The van der Waals surface area contributed by atoms with E-state index in [2.05, 4.69) is 16.7 Å². The zero-order valence-electron chi connectivity index (χ0n) is 15.9. The molecule has 3 amide bonds. The number of hydrogen-bond acceptors (Lipinski definition) is 2. The summed E-state index contributed by atoms with van der Waals surface area (Å²) in [6, 6.07) is -0.160. The summed E-state index contributed by atoms with van der Waals surface area (Å²) >= 11 is 0. The summed E-state index contributed by atoms with van der Waals surface area (Å²) in [5.74, 6) is 1.52. The Kier molecular flexibility index (Phi) is 5.23. The second-order valence-electron chi connectivity index (χ2n) is 8.95. The highest BCUT2D eigenvalue weighted by atomic mass is 16.2. The highest BCUT2D eigenvalue weighted by Crippen LogP contribution is 2.42. The van der Waals surface area contributed by atoms with Crippen molar-refractivity contribution in [2.75, 3.05) is 19.6 Å². The van der Waals surface area contributed by atoms with Crippen molar-refractivity contribution < 1.29 is 9.59 Å². The molecule has 0 radical (unpaired) electrons. The van der Waals surface area contributed by atoms with Gasteiger partial charge in [-0.1, -0.05) is 37.3 Å². The van der Waals surface area contributed by atoms with E-state index in [1.807, 2.05) is 4.90 Å². The molecule has 26 heavy (non-hydrogen) atoms. The molecule has 2 saturated carbocycles. The number of amides is 3. The van der Waals surface area contributed by atoms with Gasteiger partial charge >= 0.3 is 6.03 Å². The fourth-order valence-electron chi connectivity index (χ4n) is 5.77. The minimum atomic E-state index is -0.160. The van der Waals surface area contributed by atoms with Gasteiger partial charge in [-0.3, -0.25) is 4.79 Å². The van der Waals surface area contributed by atoms with Crippen molar-refractivity contribution in [2.45, 2.75) is 76.2 Å². The minimum absolute atomic E-state index is 0.0143. The molecule has 1 saturated heterocycles. The Morgan fingerprint density at radius 2 is 1.92 bits per heavy atom. The van der Waals surface area contributed by atoms with Crippen LogP contribution in [-0.2, 0) is 4.79 Å². The predicted octanol–water partition coefficient (Wildman–Crippen LogP) is 3.36. The Labute approximate surface area is 157 Å². The minimum Gasteiger partial charge on any atom is -0.337 e. The smallest absolute Gasteiger partial charge is 0.315 e. The van der Waals surface area contributed by atoms with Crippen LogP contribution in [0.25, 0.3) is 0 Å². The molecule has 3 aliphatic carbocycles. The first kappa shape index (κ1) is 17.9. The predicted molar refractivity (Wildman–Crippen MR) is 102 cm³/mol. The van der Waals surface area contributed by atoms with Gasteiger partial charge in [0.1, 0.15) is 0 Å². The van der Waals surface area contributed by atoms with E-state index < -0.39 is 0 Å². The molecule has 0 spiro atoms. The van der Waals surface area contributed by atoms with Crippen molar-refractivity contribution in [2.24, 2.45) is 11.8 Å². The Bertz CT molecular complexity index is 576. The van der Waals surface area contributed by atoms with Crippen LogP contribution in [0.3, 0.4) is 0 Å². The second-order valence-corrected chi connectivity index (χ2v) is 8.95. The third-order valence-electron chi connectivity index (χ3n) is 7.15. The monoisotopic (exact) mass is 359 g/mol. The lowest BCUT2D eigenvalue weighted by Gasteiger charge is -2.45. The lowest BCUT2D eigenvalue weighted by atomic mass is 9.67. The summed E-state index contributed by atoms with van der Waals surface area (Å²) < 4.78 is 0. The van der Waals surface area contributed by atoms with Gasteiger partial charge in [0.05, 0.1) is 6.54 Å². The van der Waals surface area contributed by atoms with Crippen LogP contribution >= 0.6 is 0 Å². The molecule has 0 aromatic rings. The van der Waals surface area contributed by atoms with E-state index in [9.17, 15) is 9.59 Å². The number of allylic oxidation sites excluding steroid dienone is 1. The average molecular weight is 360 g/mol. The van der Waals surface area contributed by atoms with Gasteiger partial charge in [0.2, 0.25) is 5.91 Å². The van der Waals surface area contributed by atoms with Crippen LogP contribution in [0.15, 0.2) is 11.6 Å². The van der Waals surface area contributed by atoms with E-state index in [4.69, 9.17) is 0 Å². The molecular formula is C21H33N3O2. The van der Waals surface area contributed by atoms with Crippen molar-refractivity contribution >= 4 is 11.9 Å². The average Bonchev–Trinajstić information content (AvgIpc) is 2.65. The number of urea groups is 1. The first-order valence-electron chi connectivity index (χ1n) is 10.7. The summed E-state index contributed by atoms with van der Waals surface area (Å²) in [7, 11) is 0. The first-order valence-corrected chi connectivity index (χ1v) is 10.7. The molecule has 4 aliphatic rings. The van der Waals surface area contributed by atoms with Crippen LogP contribution in [0.2, 0.25) is 0 Å². The maximum atomic E-state index is 12.5. The molecule has 4 rings (SSSR count). The molecule has 2 N–H and O–H groups in total. The van der Waals surface area contributed by atoms with Crippen LogP contribution in [-0.4, -0.2) is 42.0 Å². The van der Waals surface area contributed by atoms with E-state index in [1.54, 1.807) is 0 Å². The van der Waals surface area contributed by atoms with Crippen LogP contribution in [0.4, 0.5) is 4.79 Å². The van der Waals surface area contributed by atoms with E-state index in [0.717, 1.165) is 51.1 Å². The lowest BCUT2D eigenvalue weighted by molar-refractivity contribution is -0.130. The lowest BCUT2D eigenvalue weighted by Crippen LogP contribution is -2.57. The van der Waals surface area contributed by atoms with E-state index in [1.165, 1.54) is 44.1 Å². The normalized spacial score (nSPS) is 33.7. The third kappa shape index (κ3) is 3.91. The summed E-state index contributed by atoms with van der Waals surface area (Å²) in [5, 5.41) is 6.07. The van der Waals surface area contributed by atoms with Gasteiger partial charge in [0.25, 0.3) is 0 Å². The van der Waals surface area contributed by atoms with Crippen LogP contribution in [0, 0.1) is 11.8 Å². The summed E-state index contributed by atoms with van der Waals surface area (Å²) in [4.78, 5) is 26.9. The molecule has 5 heteroatoms. The first-order chi connectivity index (χ1) is 12.6. The molecule has 1 atom stereocenters. The van der Waals surface area contributed by atoms with Crippen LogP contribution < -0.4 is 10.6 Å². The second kappa shape index (κ2) is 7.61. The third-order valence-corrected chi connectivity index (χ3v) is 7.15. The molecule has 0 aromatic carbocycles. The molecule has 3 fully saturated rings. The Balaban J connectivity index is 1.25. The standard InChI is InChI=1S/C21H33N3O2/c25-19(24-12-9-17-7-1-2-8-18(17)15-24)14-22-20(26)23-21-10-3-5-16(13-21)6-4-11-21/h8,16-17H,1-7,9-15H2,(H2,22,23,26). The number of nitrogens with one attached hydrogen (secondary N) is 2. The Morgan fingerprint density at radius 3 is 2.73 bits per heavy atom. The molecule has 1 unspecified atom stereocenters. The molecular weight excluding hydrogens is 326 g/mol. The summed E-state index contributed by atoms with van der Waals surface area (Å²) in [6.07, 6.45) is 15.5. The highest BCUT2D eigenvalue weighted by molar-refractivity contribution is 5.84. The highest BCUT2D eigenvalue weighted by Gasteiger charge is 2.40. The largest absolute Gasteiger partial charge is 0.337 e. The molecule has 1 heterocycles.